The zero-order valence-corrected chi connectivity index (χ0v) is 16.1. The zero-order valence-electron chi connectivity index (χ0n) is 16.1. The van der Waals surface area contributed by atoms with Gasteiger partial charge < -0.3 is 14.4 Å². The lowest BCUT2D eigenvalue weighted by Gasteiger charge is -2.31. The summed E-state index contributed by atoms with van der Waals surface area (Å²) in [6, 6.07) is 14.2. The maximum atomic E-state index is 13.2. The molecule has 28 heavy (non-hydrogen) atoms. The quantitative estimate of drug-likeness (QED) is 0.813. The van der Waals surface area contributed by atoms with Crippen LogP contribution in [0.3, 0.4) is 0 Å². The topological polar surface area (TPSA) is 42.0 Å². The molecule has 2 aliphatic rings. The van der Waals surface area contributed by atoms with Crippen LogP contribution in [0.2, 0.25) is 0 Å². The number of carbonyl (C=O) groups is 1. The van der Waals surface area contributed by atoms with E-state index in [0.29, 0.717) is 26.2 Å². The molecule has 2 aromatic carbocycles. The second kappa shape index (κ2) is 7.89. The van der Waals surface area contributed by atoms with Crippen LogP contribution in [-0.4, -0.2) is 50.8 Å². The highest BCUT2D eigenvalue weighted by Gasteiger charge is 2.45. The van der Waals surface area contributed by atoms with Gasteiger partial charge in [-0.2, -0.15) is 0 Å². The van der Waals surface area contributed by atoms with Crippen molar-refractivity contribution in [2.45, 2.75) is 13.0 Å². The first-order valence-electron chi connectivity index (χ1n) is 9.56. The zero-order chi connectivity index (χ0) is 19.6. The van der Waals surface area contributed by atoms with Gasteiger partial charge in [0.25, 0.3) is 0 Å². The highest BCUT2D eigenvalue weighted by Crippen LogP contribution is 2.37. The van der Waals surface area contributed by atoms with E-state index in [2.05, 4.69) is 17.0 Å². The number of hydrogen-bond acceptors (Lipinski definition) is 4. The number of amides is 1. The van der Waals surface area contributed by atoms with Gasteiger partial charge in [0.15, 0.2) is 0 Å². The molecule has 2 saturated heterocycles. The van der Waals surface area contributed by atoms with Crippen LogP contribution in [0.5, 0.6) is 5.75 Å². The van der Waals surface area contributed by atoms with Gasteiger partial charge in [0.1, 0.15) is 11.6 Å². The van der Waals surface area contributed by atoms with Crippen LogP contribution < -0.4 is 9.64 Å². The fourth-order valence-corrected chi connectivity index (χ4v) is 4.16. The molecule has 148 valence electrons. The third-order valence-electron chi connectivity index (χ3n) is 5.54. The Morgan fingerprint density at radius 3 is 2.57 bits per heavy atom. The van der Waals surface area contributed by atoms with Gasteiger partial charge in [-0.3, -0.25) is 9.69 Å². The number of nitrogens with zero attached hydrogens (tertiary/aromatic N) is 2. The van der Waals surface area contributed by atoms with Crippen LogP contribution in [0.4, 0.5) is 10.1 Å². The first-order valence-corrected chi connectivity index (χ1v) is 9.56. The lowest BCUT2D eigenvalue weighted by atomic mass is 9.87. The molecule has 2 aliphatic heterocycles. The predicted octanol–water partition coefficient (Wildman–Crippen LogP) is 3.09. The Balaban J connectivity index is 1.48. The molecule has 0 bridgehead atoms. The second-order valence-corrected chi connectivity index (χ2v) is 7.74. The van der Waals surface area contributed by atoms with E-state index in [-0.39, 0.29) is 17.1 Å². The maximum Gasteiger partial charge on any atom is 0.227 e. The van der Waals surface area contributed by atoms with Gasteiger partial charge >= 0.3 is 0 Å². The van der Waals surface area contributed by atoms with E-state index in [4.69, 9.17) is 9.47 Å². The smallest absolute Gasteiger partial charge is 0.227 e. The normalized spacial score (nSPS) is 23.2. The van der Waals surface area contributed by atoms with Crippen molar-refractivity contribution in [3.05, 3.63) is 59.9 Å². The molecule has 2 fully saturated rings. The Kier molecular flexibility index (Phi) is 5.33. The third-order valence-corrected chi connectivity index (χ3v) is 5.54. The minimum absolute atomic E-state index is 0.0708. The molecule has 4 rings (SSSR count). The molecule has 6 heteroatoms. The Morgan fingerprint density at radius 1 is 1.11 bits per heavy atom. The van der Waals surface area contributed by atoms with E-state index in [1.807, 2.05) is 12.1 Å². The van der Waals surface area contributed by atoms with E-state index >= 15 is 0 Å². The molecule has 5 nitrogen and oxygen atoms in total. The molecule has 0 radical (unpaired) electrons. The van der Waals surface area contributed by atoms with E-state index in [1.54, 1.807) is 24.1 Å². The number of anilines is 1. The summed E-state index contributed by atoms with van der Waals surface area (Å²) in [7, 11) is 1.66. The van der Waals surface area contributed by atoms with E-state index in [1.165, 1.54) is 17.7 Å². The summed E-state index contributed by atoms with van der Waals surface area (Å²) < 4.78 is 24.4. The number of hydrogen-bond donors (Lipinski definition) is 0. The lowest BCUT2D eigenvalue weighted by Crippen LogP contribution is -2.40. The third kappa shape index (κ3) is 4.03. The number of ether oxygens (including phenoxy) is 2. The van der Waals surface area contributed by atoms with Crippen LogP contribution in [0.1, 0.15) is 12.0 Å². The molecule has 1 atom stereocenters. The highest BCUT2D eigenvalue weighted by molar-refractivity contribution is 5.96. The fourth-order valence-electron chi connectivity index (χ4n) is 4.16. The van der Waals surface area contributed by atoms with Gasteiger partial charge in [-0.05, 0) is 42.0 Å². The number of rotatable bonds is 4. The summed E-state index contributed by atoms with van der Waals surface area (Å²) in [5, 5.41) is 0. The van der Waals surface area contributed by atoms with Crippen LogP contribution in [0, 0.1) is 11.2 Å². The van der Waals surface area contributed by atoms with Gasteiger partial charge in [-0.15, -0.1) is 0 Å². The van der Waals surface area contributed by atoms with Gasteiger partial charge in [-0.1, -0.05) is 12.1 Å². The van der Waals surface area contributed by atoms with Crippen molar-refractivity contribution in [3.8, 4) is 5.75 Å². The van der Waals surface area contributed by atoms with Crippen molar-refractivity contribution in [1.29, 1.82) is 0 Å². The van der Waals surface area contributed by atoms with Gasteiger partial charge in [-0.25, -0.2) is 4.39 Å². The van der Waals surface area contributed by atoms with Gasteiger partial charge in [0, 0.05) is 43.7 Å². The summed E-state index contributed by atoms with van der Waals surface area (Å²) >= 11 is 0. The van der Waals surface area contributed by atoms with Crippen LogP contribution >= 0.6 is 0 Å². The van der Waals surface area contributed by atoms with Crippen molar-refractivity contribution >= 4 is 11.6 Å². The first-order chi connectivity index (χ1) is 13.6. The SMILES string of the molecule is COc1ccc(CN2CCOC[C@@]3(CC(=O)N(c4ccc(F)cc4)C3)C2)cc1. The van der Waals surface area contributed by atoms with Crippen LogP contribution in [0.15, 0.2) is 48.5 Å². The molecule has 0 aromatic heterocycles. The molecule has 0 saturated carbocycles. The summed E-state index contributed by atoms with van der Waals surface area (Å²) in [5.74, 6) is 0.617. The molecule has 0 N–H and O–H groups in total. The number of carbonyl (C=O) groups excluding carboxylic acids is 1. The monoisotopic (exact) mass is 384 g/mol. The number of benzene rings is 2. The molecule has 1 spiro atoms. The second-order valence-electron chi connectivity index (χ2n) is 7.74. The Bertz CT molecular complexity index is 825. The lowest BCUT2D eigenvalue weighted by molar-refractivity contribution is -0.118. The average Bonchev–Trinajstić information content (AvgIpc) is 2.89. The van der Waals surface area contributed by atoms with Crippen molar-refractivity contribution in [2.24, 2.45) is 5.41 Å². The highest BCUT2D eigenvalue weighted by atomic mass is 19.1. The fraction of sp³-hybridized carbons (Fsp3) is 0.409. The summed E-state index contributed by atoms with van der Waals surface area (Å²) in [6.07, 6.45) is 0.448. The van der Waals surface area contributed by atoms with Crippen LogP contribution in [-0.2, 0) is 16.1 Å². The molecular formula is C22H25FN2O3. The van der Waals surface area contributed by atoms with Crippen LogP contribution in [0.25, 0.3) is 0 Å². The van der Waals surface area contributed by atoms with Crippen molar-refractivity contribution in [2.75, 3.05) is 44.9 Å². The van der Waals surface area contributed by atoms with Crippen molar-refractivity contribution < 1.29 is 18.7 Å². The largest absolute Gasteiger partial charge is 0.497 e. The molecule has 0 unspecified atom stereocenters. The Hall–Kier alpha value is -2.44. The molecule has 2 heterocycles. The summed E-state index contributed by atoms with van der Waals surface area (Å²) in [4.78, 5) is 16.8. The predicted molar refractivity (Wildman–Crippen MR) is 105 cm³/mol. The first kappa shape index (κ1) is 18.9. The minimum atomic E-state index is -0.298. The molecule has 1 amide bonds. The Labute approximate surface area is 164 Å². The van der Waals surface area contributed by atoms with Gasteiger partial charge in [0.2, 0.25) is 5.91 Å². The van der Waals surface area contributed by atoms with Crippen molar-refractivity contribution in [1.82, 2.24) is 4.90 Å². The standard InChI is InChI=1S/C22H25FN2O3/c1-27-20-8-2-17(3-9-20)13-24-10-11-28-16-22(14-24)12-21(26)25(15-22)19-6-4-18(23)5-7-19/h2-9H,10-16H2,1H3/t22-/m0/s1. The summed E-state index contributed by atoms with van der Waals surface area (Å²) in [5.41, 5.74) is 1.71. The number of halogens is 1. The minimum Gasteiger partial charge on any atom is -0.497 e. The molecule has 2 aromatic rings. The number of methoxy groups -OCH3 is 1. The average molecular weight is 384 g/mol. The van der Waals surface area contributed by atoms with E-state index in [9.17, 15) is 9.18 Å². The molecule has 0 aliphatic carbocycles. The summed E-state index contributed by atoms with van der Waals surface area (Å²) in [6.45, 7) is 4.25. The van der Waals surface area contributed by atoms with Crippen molar-refractivity contribution in [3.63, 3.8) is 0 Å². The molecular weight excluding hydrogens is 359 g/mol. The Morgan fingerprint density at radius 2 is 1.86 bits per heavy atom. The van der Waals surface area contributed by atoms with E-state index < -0.39 is 0 Å². The van der Waals surface area contributed by atoms with E-state index in [0.717, 1.165) is 31.1 Å². The maximum absolute atomic E-state index is 13.2. The van der Waals surface area contributed by atoms with Gasteiger partial charge in [0.05, 0.1) is 20.3 Å².